The minimum Gasteiger partial charge on any atom is -0.355 e. The van der Waals surface area contributed by atoms with Gasteiger partial charge in [0, 0.05) is 17.8 Å². The molecule has 1 aliphatic rings. The van der Waals surface area contributed by atoms with Gasteiger partial charge in [-0.1, -0.05) is 17.8 Å². The lowest BCUT2D eigenvalue weighted by Gasteiger charge is -2.16. The second-order valence-electron chi connectivity index (χ2n) is 6.35. The van der Waals surface area contributed by atoms with Crippen LogP contribution in [0.5, 0.6) is 0 Å². The molecule has 0 radical (unpaired) electrons. The zero-order valence-corrected chi connectivity index (χ0v) is 15.5. The molecule has 0 spiro atoms. The lowest BCUT2D eigenvalue weighted by molar-refractivity contribution is -0.118. The first-order chi connectivity index (χ1) is 13.1. The largest absolute Gasteiger partial charge is 0.355 e. The van der Waals surface area contributed by atoms with Gasteiger partial charge in [-0.3, -0.25) is 4.79 Å². The van der Waals surface area contributed by atoms with E-state index in [1.807, 2.05) is 6.07 Å². The Kier molecular flexibility index (Phi) is 6.40. The molecule has 0 bridgehead atoms. The molecule has 0 saturated heterocycles. The molecular weight excluding hydrogens is 368 g/mol. The molecule has 7 heteroatoms. The first-order valence-electron chi connectivity index (χ1n) is 8.83. The van der Waals surface area contributed by atoms with E-state index in [4.69, 9.17) is 0 Å². The van der Waals surface area contributed by atoms with Crippen molar-refractivity contribution in [3.8, 4) is 6.07 Å². The van der Waals surface area contributed by atoms with Crippen LogP contribution in [0.3, 0.4) is 0 Å². The van der Waals surface area contributed by atoms with E-state index in [1.54, 1.807) is 0 Å². The molecular formula is C20H19F2N3OS. The van der Waals surface area contributed by atoms with E-state index in [0.29, 0.717) is 10.6 Å². The van der Waals surface area contributed by atoms with Gasteiger partial charge in [-0.25, -0.2) is 13.8 Å². The maximum atomic E-state index is 13.6. The fourth-order valence-electron chi connectivity index (χ4n) is 3.09. The summed E-state index contributed by atoms with van der Waals surface area (Å²) in [5.74, 6) is -1.40. The standard InChI is InChI=1S/C20H19F2N3OS/c21-16-5-3-6-17(22)15(16)8-9-24-19(26)12-27-20-14(11-23)10-13-4-1-2-7-18(13)25-20/h3,5-6,10H,1-2,4,7-9,12H2,(H,24,26). The maximum absolute atomic E-state index is 13.6. The van der Waals surface area contributed by atoms with Crippen LogP contribution in [-0.2, 0) is 24.1 Å². The quantitative estimate of drug-likeness (QED) is 0.770. The molecule has 1 aliphatic carbocycles. The summed E-state index contributed by atoms with van der Waals surface area (Å²) in [5.41, 5.74) is 2.59. The summed E-state index contributed by atoms with van der Waals surface area (Å²) in [6.45, 7) is 0.139. The van der Waals surface area contributed by atoms with Crippen LogP contribution in [0, 0.1) is 23.0 Å². The Bertz CT molecular complexity index is 875. The summed E-state index contributed by atoms with van der Waals surface area (Å²) in [6.07, 6.45) is 4.11. The third kappa shape index (κ3) is 4.83. The highest BCUT2D eigenvalue weighted by Crippen LogP contribution is 2.27. The van der Waals surface area contributed by atoms with Crippen molar-refractivity contribution in [3.63, 3.8) is 0 Å². The number of amides is 1. The first kappa shape index (κ1) is 19.3. The van der Waals surface area contributed by atoms with Crippen LogP contribution in [0.15, 0.2) is 29.3 Å². The van der Waals surface area contributed by atoms with E-state index >= 15 is 0 Å². The smallest absolute Gasteiger partial charge is 0.230 e. The lowest BCUT2D eigenvalue weighted by atomic mass is 9.95. The van der Waals surface area contributed by atoms with Gasteiger partial charge < -0.3 is 5.32 Å². The molecule has 0 unspecified atom stereocenters. The Morgan fingerprint density at radius 2 is 2.00 bits per heavy atom. The van der Waals surface area contributed by atoms with E-state index in [0.717, 1.165) is 36.9 Å². The molecule has 140 valence electrons. The Morgan fingerprint density at radius 1 is 1.26 bits per heavy atom. The summed E-state index contributed by atoms with van der Waals surface area (Å²) in [4.78, 5) is 16.6. The van der Waals surface area contributed by atoms with E-state index in [-0.39, 0.29) is 30.2 Å². The molecule has 0 fully saturated rings. The number of rotatable bonds is 6. The van der Waals surface area contributed by atoms with Crippen LogP contribution in [0.4, 0.5) is 8.78 Å². The van der Waals surface area contributed by atoms with Crippen molar-refractivity contribution in [1.29, 1.82) is 5.26 Å². The number of nitrogens with one attached hydrogen (secondary N) is 1. The number of carbonyl (C=O) groups is 1. The van der Waals surface area contributed by atoms with Crippen LogP contribution in [0.2, 0.25) is 0 Å². The third-order valence-corrected chi connectivity index (χ3v) is 5.48. The number of thioether (sulfide) groups is 1. The second-order valence-corrected chi connectivity index (χ2v) is 7.32. The predicted octanol–water partition coefficient (Wildman–Crippen LogP) is 3.56. The molecule has 2 aromatic rings. The molecule has 1 amide bonds. The van der Waals surface area contributed by atoms with E-state index in [9.17, 15) is 18.8 Å². The summed E-state index contributed by atoms with van der Waals surface area (Å²) >= 11 is 1.21. The van der Waals surface area contributed by atoms with Gasteiger partial charge in [-0.2, -0.15) is 5.26 Å². The van der Waals surface area contributed by atoms with Crippen LogP contribution >= 0.6 is 11.8 Å². The highest BCUT2D eigenvalue weighted by molar-refractivity contribution is 8.00. The molecule has 3 rings (SSSR count). The Hall–Kier alpha value is -2.46. The number of benzene rings is 1. The summed E-state index contributed by atoms with van der Waals surface area (Å²) in [5, 5.41) is 12.5. The van der Waals surface area contributed by atoms with Crippen LogP contribution < -0.4 is 5.32 Å². The number of nitriles is 1. The van der Waals surface area contributed by atoms with Crippen molar-refractivity contribution in [3.05, 3.63) is 58.3 Å². The van der Waals surface area contributed by atoms with Gasteiger partial charge in [-0.05, 0) is 55.9 Å². The van der Waals surface area contributed by atoms with Crippen molar-refractivity contribution in [2.45, 2.75) is 37.1 Å². The fraction of sp³-hybridized carbons (Fsp3) is 0.350. The van der Waals surface area contributed by atoms with Crippen molar-refractivity contribution in [2.75, 3.05) is 12.3 Å². The highest BCUT2D eigenvalue weighted by Gasteiger charge is 2.16. The zero-order valence-electron chi connectivity index (χ0n) is 14.7. The van der Waals surface area contributed by atoms with E-state index in [2.05, 4.69) is 16.4 Å². The molecule has 1 aromatic carbocycles. The normalized spacial score (nSPS) is 12.9. The monoisotopic (exact) mass is 387 g/mol. The predicted molar refractivity (Wildman–Crippen MR) is 99.4 cm³/mol. The van der Waals surface area contributed by atoms with Crippen molar-refractivity contribution in [1.82, 2.24) is 10.3 Å². The maximum Gasteiger partial charge on any atom is 0.230 e. The summed E-state index contributed by atoms with van der Waals surface area (Å²) < 4.78 is 27.1. The number of fused-ring (bicyclic) bond motifs is 1. The number of nitrogens with zero attached hydrogens (tertiary/aromatic N) is 2. The molecule has 0 atom stereocenters. The van der Waals surface area contributed by atoms with Crippen molar-refractivity contribution in [2.24, 2.45) is 0 Å². The van der Waals surface area contributed by atoms with E-state index < -0.39 is 11.6 Å². The molecule has 1 aromatic heterocycles. The molecule has 4 nitrogen and oxygen atoms in total. The van der Waals surface area contributed by atoms with Crippen LogP contribution in [0.25, 0.3) is 0 Å². The highest BCUT2D eigenvalue weighted by atomic mass is 32.2. The second kappa shape index (κ2) is 8.96. The number of carbonyl (C=O) groups excluding carboxylic acids is 1. The van der Waals surface area contributed by atoms with Gasteiger partial charge in [0.2, 0.25) is 5.91 Å². The minimum atomic E-state index is -0.615. The molecule has 0 aliphatic heterocycles. The Morgan fingerprint density at radius 3 is 2.74 bits per heavy atom. The number of pyridine rings is 1. The van der Waals surface area contributed by atoms with Crippen LogP contribution in [-0.4, -0.2) is 23.2 Å². The fourth-order valence-corrected chi connectivity index (χ4v) is 3.89. The lowest BCUT2D eigenvalue weighted by Crippen LogP contribution is -2.27. The average molecular weight is 387 g/mol. The number of hydrogen-bond acceptors (Lipinski definition) is 4. The Balaban J connectivity index is 1.54. The number of hydrogen-bond donors (Lipinski definition) is 1. The topological polar surface area (TPSA) is 65.8 Å². The third-order valence-electron chi connectivity index (χ3n) is 4.49. The van der Waals surface area contributed by atoms with E-state index in [1.165, 1.54) is 30.0 Å². The molecule has 27 heavy (non-hydrogen) atoms. The van der Waals surface area contributed by atoms with Crippen LogP contribution in [0.1, 0.15) is 35.2 Å². The SMILES string of the molecule is N#Cc1cc2c(nc1SCC(=O)NCCc1c(F)cccc1F)CCCC2. The van der Waals surface area contributed by atoms with Gasteiger partial charge >= 0.3 is 0 Å². The van der Waals surface area contributed by atoms with Gasteiger partial charge in [0.05, 0.1) is 11.3 Å². The average Bonchev–Trinajstić information content (AvgIpc) is 2.67. The minimum absolute atomic E-state index is 0.0337. The van der Waals surface area contributed by atoms with Gasteiger partial charge in [0.15, 0.2) is 0 Å². The number of aryl methyl sites for hydroxylation is 2. The van der Waals surface area contributed by atoms with Crippen molar-refractivity contribution >= 4 is 17.7 Å². The number of aromatic nitrogens is 1. The Labute approximate surface area is 161 Å². The van der Waals surface area contributed by atoms with Crippen molar-refractivity contribution < 1.29 is 13.6 Å². The zero-order chi connectivity index (χ0) is 19.2. The first-order valence-corrected chi connectivity index (χ1v) is 9.82. The van der Waals surface area contributed by atoms with Gasteiger partial charge in [0.25, 0.3) is 0 Å². The van der Waals surface area contributed by atoms with Gasteiger partial charge in [0.1, 0.15) is 22.7 Å². The molecule has 1 N–H and O–H groups in total. The summed E-state index contributed by atoms with van der Waals surface area (Å²) in [7, 11) is 0. The molecule has 0 saturated carbocycles. The number of halogens is 2. The molecule has 1 heterocycles. The summed E-state index contributed by atoms with van der Waals surface area (Å²) in [6, 6.07) is 7.72. The van der Waals surface area contributed by atoms with Gasteiger partial charge in [-0.15, -0.1) is 0 Å².